The minimum atomic E-state index is 0.247. The van der Waals surface area contributed by atoms with E-state index in [-0.39, 0.29) is 6.61 Å². The number of nitrogens with zero attached hydrogens (tertiary/aromatic N) is 2. The maximum Gasteiger partial charge on any atom is 0.150 e. The number of aliphatic hydroxyl groups excluding tert-OH is 1. The molecule has 5 nitrogen and oxygen atoms in total. The zero-order valence-corrected chi connectivity index (χ0v) is 12.4. The molecule has 116 valence electrons. The lowest BCUT2D eigenvalue weighted by molar-refractivity contribution is 0.108. The first-order valence-corrected chi connectivity index (χ1v) is 7.55. The van der Waals surface area contributed by atoms with E-state index in [9.17, 15) is 4.79 Å². The number of aldehydes is 1. The van der Waals surface area contributed by atoms with Crippen molar-refractivity contribution in [3.05, 3.63) is 29.8 Å². The van der Waals surface area contributed by atoms with Gasteiger partial charge < -0.3 is 14.7 Å². The summed E-state index contributed by atoms with van der Waals surface area (Å²) in [6, 6.07) is 7.19. The summed E-state index contributed by atoms with van der Waals surface area (Å²) in [5.74, 6) is 0.813. The number of hydrogen-bond acceptors (Lipinski definition) is 5. The third-order valence-corrected chi connectivity index (χ3v) is 3.78. The number of aliphatic hydroxyl groups is 1. The van der Waals surface area contributed by atoms with Crippen LogP contribution in [0.2, 0.25) is 0 Å². The highest BCUT2D eigenvalue weighted by Gasteiger charge is 2.15. The molecule has 1 heterocycles. The van der Waals surface area contributed by atoms with Gasteiger partial charge in [0.1, 0.15) is 12.0 Å². The summed E-state index contributed by atoms with van der Waals surface area (Å²) in [7, 11) is 0. The maximum absolute atomic E-state index is 10.6. The third-order valence-electron chi connectivity index (χ3n) is 3.78. The molecular weight excluding hydrogens is 268 g/mol. The van der Waals surface area contributed by atoms with E-state index in [1.807, 2.05) is 12.1 Å². The minimum Gasteiger partial charge on any atom is -0.494 e. The van der Waals surface area contributed by atoms with Crippen LogP contribution in [0, 0.1) is 0 Å². The largest absolute Gasteiger partial charge is 0.494 e. The lowest BCUT2D eigenvalue weighted by Crippen LogP contribution is -2.47. The summed E-state index contributed by atoms with van der Waals surface area (Å²) in [4.78, 5) is 15.3. The first-order valence-electron chi connectivity index (χ1n) is 7.55. The molecule has 1 aliphatic heterocycles. The Balaban J connectivity index is 1.58. The summed E-state index contributed by atoms with van der Waals surface area (Å²) in [6.07, 6.45) is 1.83. The van der Waals surface area contributed by atoms with Gasteiger partial charge in [-0.2, -0.15) is 0 Å². The molecule has 21 heavy (non-hydrogen) atoms. The molecule has 5 heteroatoms. The van der Waals surface area contributed by atoms with Crippen molar-refractivity contribution < 1.29 is 14.6 Å². The van der Waals surface area contributed by atoms with E-state index < -0.39 is 0 Å². The number of β-amino-alcohol motifs (C(OH)–C–C–N with tert-alkyl or cyclic N) is 1. The van der Waals surface area contributed by atoms with Gasteiger partial charge >= 0.3 is 0 Å². The molecule has 0 amide bonds. The van der Waals surface area contributed by atoms with Crippen molar-refractivity contribution in [2.45, 2.75) is 6.42 Å². The summed E-state index contributed by atoms with van der Waals surface area (Å²) < 4.78 is 5.67. The van der Waals surface area contributed by atoms with Crippen LogP contribution in [0.1, 0.15) is 16.8 Å². The van der Waals surface area contributed by atoms with Crippen LogP contribution in [0.3, 0.4) is 0 Å². The summed E-state index contributed by atoms with van der Waals surface area (Å²) in [6.45, 7) is 6.96. The van der Waals surface area contributed by atoms with Crippen LogP contribution in [0.5, 0.6) is 5.75 Å². The highest BCUT2D eigenvalue weighted by Crippen LogP contribution is 2.11. The minimum absolute atomic E-state index is 0.247. The van der Waals surface area contributed by atoms with Crippen molar-refractivity contribution in [1.29, 1.82) is 0 Å². The fourth-order valence-corrected chi connectivity index (χ4v) is 2.50. The number of ether oxygens (including phenoxy) is 1. The first kappa shape index (κ1) is 15.9. The van der Waals surface area contributed by atoms with Gasteiger partial charge in [0.2, 0.25) is 0 Å². The van der Waals surface area contributed by atoms with E-state index in [2.05, 4.69) is 9.80 Å². The standard InChI is InChI=1S/C16H24N2O3/c19-12-11-18-9-7-17(8-10-18)6-1-13-21-16-4-2-15(14-20)3-5-16/h2-5,14,19H,1,6-13H2. The molecule has 0 saturated carbocycles. The number of carbonyl (C=O) groups excluding carboxylic acids is 1. The zero-order chi connectivity index (χ0) is 14.9. The van der Waals surface area contributed by atoms with Gasteiger partial charge in [0, 0.05) is 44.8 Å². The molecule has 0 bridgehead atoms. The Morgan fingerprint density at radius 1 is 1.05 bits per heavy atom. The number of hydrogen-bond donors (Lipinski definition) is 1. The van der Waals surface area contributed by atoms with Crippen LogP contribution >= 0.6 is 0 Å². The van der Waals surface area contributed by atoms with E-state index in [1.54, 1.807) is 12.1 Å². The zero-order valence-electron chi connectivity index (χ0n) is 12.4. The van der Waals surface area contributed by atoms with Crippen molar-refractivity contribution >= 4 is 6.29 Å². The molecule has 1 N–H and O–H groups in total. The Bertz CT molecular complexity index is 414. The molecule has 2 rings (SSSR count). The molecular formula is C16H24N2O3. The van der Waals surface area contributed by atoms with Gasteiger partial charge in [-0.1, -0.05) is 0 Å². The topological polar surface area (TPSA) is 53.0 Å². The van der Waals surface area contributed by atoms with Gasteiger partial charge in [-0.3, -0.25) is 9.69 Å². The normalized spacial score (nSPS) is 16.8. The second-order valence-corrected chi connectivity index (χ2v) is 5.30. The number of piperazine rings is 1. The van der Waals surface area contributed by atoms with Crippen LogP contribution in [-0.2, 0) is 0 Å². The van der Waals surface area contributed by atoms with Gasteiger partial charge in [-0.15, -0.1) is 0 Å². The Kier molecular flexibility index (Phi) is 6.66. The molecule has 0 aromatic heterocycles. The SMILES string of the molecule is O=Cc1ccc(OCCCN2CCN(CCO)CC2)cc1. The Labute approximate surface area is 126 Å². The van der Waals surface area contributed by atoms with E-state index in [0.29, 0.717) is 12.2 Å². The highest BCUT2D eigenvalue weighted by molar-refractivity contribution is 5.74. The summed E-state index contributed by atoms with van der Waals surface area (Å²) in [5.41, 5.74) is 0.670. The van der Waals surface area contributed by atoms with Crippen molar-refractivity contribution in [1.82, 2.24) is 9.80 Å². The van der Waals surface area contributed by atoms with E-state index >= 15 is 0 Å². The number of rotatable bonds is 8. The van der Waals surface area contributed by atoms with Crippen LogP contribution < -0.4 is 4.74 Å². The number of carbonyl (C=O) groups is 1. The first-order chi connectivity index (χ1) is 10.3. The Morgan fingerprint density at radius 2 is 1.67 bits per heavy atom. The fourth-order valence-electron chi connectivity index (χ4n) is 2.50. The maximum atomic E-state index is 10.6. The quantitative estimate of drug-likeness (QED) is 0.569. The van der Waals surface area contributed by atoms with Gasteiger partial charge in [-0.05, 0) is 30.7 Å². The Morgan fingerprint density at radius 3 is 2.24 bits per heavy atom. The number of benzene rings is 1. The molecule has 1 saturated heterocycles. The van der Waals surface area contributed by atoms with Crippen LogP contribution in [0.4, 0.5) is 0 Å². The molecule has 0 atom stereocenters. The molecule has 0 aliphatic carbocycles. The van der Waals surface area contributed by atoms with Crippen molar-refractivity contribution in [2.24, 2.45) is 0 Å². The third kappa shape index (κ3) is 5.46. The predicted octanol–water partition coefficient (Wildman–Crippen LogP) is 0.878. The van der Waals surface area contributed by atoms with E-state index in [1.165, 1.54) is 0 Å². The van der Waals surface area contributed by atoms with Crippen LogP contribution in [0.25, 0.3) is 0 Å². The average molecular weight is 292 g/mol. The van der Waals surface area contributed by atoms with E-state index in [0.717, 1.165) is 57.7 Å². The average Bonchev–Trinajstić information content (AvgIpc) is 2.54. The molecule has 0 radical (unpaired) electrons. The van der Waals surface area contributed by atoms with Crippen LogP contribution in [-0.4, -0.2) is 73.7 Å². The van der Waals surface area contributed by atoms with Gasteiger partial charge in [-0.25, -0.2) is 0 Å². The molecule has 1 aromatic carbocycles. The van der Waals surface area contributed by atoms with Crippen molar-refractivity contribution in [3.63, 3.8) is 0 Å². The van der Waals surface area contributed by atoms with E-state index in [4.69, 9.17) is 9.84 Å². The lowest BCUT2D eigenvalue weighted by Gasteiger charge is -2.34. The molecule has 1 fully saturated rings. The van der Waals surface area contributed by atoms with Gasteiger partial charge in [0.15, 0.2) is 0 Å². The molecule has 0 unspecified atom stereocenters. The summed E-state index contributed by atoms with van der Waals surface area (Å²) >= 11 is 0. The monoisotopic (exact) mass is 292 g/mol. The predicted molar refractivity (Wildman–Crippen MR) is 81.9 cm³/mol. The molecule has 1 aromatic rings. The highest BCUT2D eigenvalue weighted by atomic mass is 16.5. The smallest absolute Gasteiger partial charge is 0.150 e. The second-order valence-electron chi connectivity index (χ2n) is 5.30. The van der Waals surface area contributed by atoms with Gasteiger partial charge in [0.05, 0.1) is 13.2 Å². The fraction of sp³-hybridized carbons (Fsp3) is 0.562. The molecule has 0 spiro atoms. The van der Waals surface area contributed by atoms with Crippen LogP contribution in [0.15, 0.2) is 24.3 Å². The summed E-state index contributed by atoms with van der Waals surface area (Å²) in [5, 5.41) is 8.91. The molecule has 1 aliphatic rings. The Hall–Kier alpha value is -1.43. The van der Waals surface area contributed by atoms with Gasteiger partial charge in [0.25, 0.3) is 0 Å². The lowest BCUT2D eigenvalue weighted by atomic mass is 10.2. The van der Waals surface area contributed by atoms with Crippen molar-refractivity contribution in [2.75, 3.05) is 52.5 Å². The van der Waals surface area contributed by atoms with Crippen molar-refractivity contribution in [3.8, 4) is 5.75 Å². The second kappa shape index (κ2) is 8.77.